The fourth-order valence-corrected chi connectivity index (χ4v) is 4.55. The van der Waals surface area contributed by atoms with Crippen LogP contribution >= 0.6 is 23.5 Å². The molecular weight excluding hydrogens is 348 g/mol. The summed E-state index contributed by atoms with van der Waals surface area (Å²) in [6.07, 6.45) is 1.98. The zero-order valence-corrected chi connectivity index (χ0v) is 15.8. The highest BCUT2D eigenvalue weighted by molar-refractivity contribution is 7.98. The van der Waals surface area contributed by atoms with Crippen LogP contribution in [-0.4, -0.2) is 17.1 Å². The van der Waals surface area contributed by atoms with E-state index in [-0.39, 0.29) is 0 Å². The predicted octanol–water partition coefficient (Wildman–Crippen LogP) is 5.36. The van der Waals surface area contributed by atoms with E-state index in [1.807, 2.05) is 30.1 Å². The molecule has 0 unspecified atom stereocenters. The molecule has 1 aliphatic heterocycles. The smallest absolute Gasteiger partial charge is 0.188 e. The molecule has 5 heteroatoms. The van der Waals surface area contributed by atoms with Gasteiger partial charge < -0.3 is 4.74 Å². The van der Waals surface area contributed by atoms with Crippen molar-refractivity contribution in [3.05, 3.63) is 65.4 Å². The Balaban J connectivity index is 1.57. The predicted molar refractivity (Wildman–Crippen MR) is 104 cm³/mol. The molecule has 3 aromatic rings. The second-order valence-corrected chi connectivity index (χ2v) is 7.91. The summed E-state index contributed by atoms with van der Waals surface area (Å²) in [5.74, 6) is 2.66. The lowest BCUT2D eigenvalue weighted by molar-refractivity contribution is 0.414. The average molecular weight is 367 g/mol. The van der Waals surface area contributed by atoms with Crippen LogP contribution in [0.15, 0.2) is 58.7 Å². The average Bonchev–Trinajstić information content (AvgIpc) is 2.66. The van der Waals surface area contributed by atoms with Crippen LogP contribution in [0.2, 0.25) is 0 Å². The van der Waals surface area contributed by atoms with Crippen LogP contribution in [0.5, 0.6) is 5.75 Å². The number of ether oxygens (including phenoxy) is 1. The SMILES string of the molecule is COc1ccc(CSc2ncc3c(n2)-c2cc(C)ccc2SC3)cc1. The minimum absolute atomic E-state index is 0.828. The highest BCUT2D eigenvalue weighted by Gasteiger charge is 2.19. The topological polar surface area (TPSA) is 35.0 Å². The Bertz CT molecular complexity index is 910. The lowest BCUT2D eigenvalue weighted by Crippen LogP contribution is -2.02. The zero-order chi connectivity index (χ0) is 17.2. The van der Waals surface area contributed by atoms with Crippen molar-refractivity contribution in [2.24, 2.45) is 0 Å². The van der Waals surface area contributed by atoms with Crippen LogP contribution in [0.25, 0.3) is 11.3 Å². The van der Waals surface area contributed by atoms with Crippen LogP contribution in [0.4, 0.5) is 0 Å². The summed E-state index contributed by atoms with van der Waals surface area (Å²) in [7, 11) is 1.68. The van der Waals surface area contributed by atoms with Gasteiger partial charge in [-0.1, -0.05) is 35.5 Å². The third-order valence-corrected chi connectivity index (χ3v) is 6.20. The molecule has 126 valence electrons. The number of nitrogens with zero attached hydrogens (tertiary/aromatic N) is 2. The van der Waals surface area contributed by atoms with E-state index in [4.69, 9.17) is 9.72 Å². The first-order valence-electron chi connectivity index (χ1n) is 8.08. The van der Waals surface area contributed by atoms with Gasteiger partial charge in [0.25, 0.3) is 0 Å². The van der Waals surface area contributed by atoms with Gasteiger partial charge in [-0.25, -0.2) is 9.97 Å². The highest BCUT2D eigenvalue weighted by atomic mass is 32.2. The molecule has 2 heterocycles. The minimum Gasteiger partial charge on any atom is -0.497 e. The van der Waals surface area contributed by atoms with Crippen LogP contribution < -0.4 is 4.74 Å². The molecule has 0 N–H and O–H groups in total. The molecule has 0 saturated heterocycles. The van der Waals surface area contributed by atoms with Gasteiger partial charge >= 0.3 is 0 Å². The highest BCUT2D eigenvalue weighted by Crippen LogP contribution is 2.41. The van der Waals surface area contributed by atoms with Crippen molar-refractivity contribution in [2.75, 3.05) is 7.11 Å². The number of fused-ring (bicyclic) bond motifs is 3. The van der Waals surface area contributed by atoms with Crippen LogP contribution in [0, 0.1) is 6.92 Å². The molecule has 1 aliphatic rings. The van der Waals surface area contributed by atoms with Gasteiger partial charge in [-0.15, -0.1) is 11.8 Å². The maximum absolute atomic E-state index is 5.20. The van der Waals surface area contributed by atoms with Gasteiger partial charge in [0.15, 0.2) is 5.16 Å². The maximum Gasteiger partial charge on any atom is 0.188 e. The molecule has 1 aromatic heterocycles. The quantitative estimate of drug-likeness (QED) is 0.459. The molecule has 0 bridgehead atoms. The third kappa shape index (κ3) is 3.53. The molecule has 0 fully saturated rings. The number of methoxy groups -OCH3 is 1. The van der Waals surface area contributed by atoms with Crippen molar-refractivity contribution < 1.29 is 4.74 Å². The van der Waals surface area contributed by atoms with Crippen LogP contribution in [0.3, 0.4) is 0 Å². The largest absolute Gasteiger partial charge is 0.497 e. The molecule has 0 amide bonds. The molecule has 0 radical (unpaired) electrons. The number of rotatable bonds is 4. The fraction of sp³-hybridized carbons (Fsp3) is 0.200. The molecule has 0 aliphatic carbocycles. The van der Waals surface area contributed by atoms with Gasteiger partial charge in [0.2, 0.25) is 0 Å². The number of thioether (sulfide) groups is 2. The number of hydrogen-bond donors (Lipinski definition) is 0. The summed E-state index contributed by atoms with van der Waals surface area (Å²) in [6, 6.07) is 14.7. The summed E-state index contributed by atoms with van der Waals surface area (Å²) in [5.41, 5.74) is 6.04. The standard InChI is InChI=1S/C20H18N2OS2/c1-13-3-8-18-17(9-13)19-15(12-24-18)10-21-20(22-19)25-11-14-4-6-16(23-2)7-5-14/h3-10H,11-12H2,1-2H3. The molecule has 4 rings (SSSR count). The van der Waals surface area contributed by atoms with Gasteiger partial charge in [0, 0.05) is 33.7 Å². The molecule has 2 aromatic carbocycles. The molecule has 3 nitrogen and oxygen atoms in total. The van der Waals surface area contributed by atoms with Crippen molar-refractivity contribution in [1.29, 1.82) is 0 Å². The Morgan fingerprint density at radius 2 is 2.00 bits per heavy atom. The van der Waals surface area contributed by atoms with Crippen molar-refractivity contribution in [3.63, 3.8) is 0 Å². The molecular formula is C20H18N2OS2. The van der Waals surface area contributed by atoms with Gasteiger partial charge in [-0.05, 0) is 36.8 Å². The first kappa shape index (κ1) is 16.5. The summed E-state index contributed by atoms with van der Waals surface area (Å²) >= 11 is 3.53. The van der Waals surface area contributed by atoms with Gasteiger partial charge in [-0.2, -0.15) is 0 Å². The number of aromatic nitrogens is 2. The van der Waals surface area contributed by atoms with E-state index in [9.17, 15) is 0 Å². The summed E-state index contributed by atoms with van der Waals surface area (Å²) < 4.78 is 5.20. The summed E-state index contributed by atoms with van der Waals surface area (Å²) in [5, 5.41) is 0.828. The second kappa shape index (κ2) is 7.10. The number of hydrogen-bond acceptors (Lipinski definition) is 5. The van der Waals surface area contributed by atoms with E-state index in [1.54, 1.807) is 18.9 Å². The Morgan fingerprint density at radius 1 is 1.16 bits per heavy atom. The van der Waals surface area contributed by atoms with Crippen molar-refractivity contribution in [2.45, 2.75) is 28.5 Å². The van der Waals surface area contributed by atoms with Crippen molar-refractivity contribution in [1.82, 2.24) is 9.97 Å². The Morgan fingerprint density at radius 3 is 2.80 bits per heavy atom. The summed E-state index contributed by atoms with van der Waals surface area (Å²) in [4.78, 5) is 10.7. The van der Waals surface area contributed by atoms with Crippen molar-refractivity contribution in [3.8, 4) is 17.0 Å². The van der Waals surface area contributed by atoms with Crippen LogP contribution in [-0.2, 0) is 11.5 Å². The summed E-state index contributed by atoms with van der Waals surface area (Å²) in [6.45, 7) is 2.12. The van der Waals surface area contributed by atoms with E-state index >= 15 is 0 Å². The second-order valence-electron chi connectivity index (χ2n) is 5.95. The van der Waals surface area contributed by atoms with E-state index < -0.39 is 0 Å². The molecule has 25 heavy (non-hydrogen) atoms. The van der Waals surface area contributed by atoms with Gasteiger partial charge in [0.05, 0.1) is 12.8 Å². The van der Waals surface area contributed by atoms with Crippen LogP contribution in [0.1, 0.15) is 16.7 Å². The van der Waals surface area contributed by atoms with Gasteiger partial charge in [0.1, 0.15) is 5.75 Å². The molecule has 0 spiro atoms. The van der Waals surface area contributed by atoms with Gasteiger partial charge in [-0.3, -0.25) is 0 Å². The third-order valence-electron chi connectivity index (χ3n) is 4.14. The Hall–Kier alpha value is -1.98. The monoisotopic (exact) mass is 366 g/mol. The Kier molecular flexibility index (Phi) is 4.68. The van der Waals surface area contributed by atoms with Crippen molar-refractivity contribution >= 4 is 23.5 Å². The number of aryl methyl sites for hydroxylation is 1. The molecule has 0 saturated carbocycles. The first-order valence-corrected chi connectivity index (χ1v) is 10.1. The minimum atomic E-state index is 0.828. The van der Waals surface area contributed by atoms with E-state index in [0.717, 1.165) is 28.1 Å². The van der Waals surface area contributed by atoms with E-state index in [1.165, 1.54) is 27.1 Å². The normalized spacial score (nSPS) is 12.4. The lowest BCUT2D eigenvalue weighted by atomic mass is 10.1. The fourth-order valence-electron chi connectivity index (χ4n) is 2.78. The molecule has 0 atom stereocenters. The maximum atomic E-state index is 5.20. The van der Waals surface area contributed by atoms with E-state index in [0.29, 0.717) is 0 Å². The Labute approximate surface area is 156 Å². The first-order chi connectivity index (χ1) is 12.2. The number of benzene rings is 2. The van der Waals surface area contributed by atoms with E-state index in [2.05, 4.69) is 42.2 Å². The zero-order valence-electron chi connectivity index (χ0n) is 14.2. The lowest BCUT2D eigenvalue weighted by Gasteiger charge is -2.19.